The summed E-state index contributed by atoms with van der Waals surface area (Å²) in [7, 11) is 3.10. The first kappa shape index (κ1) is 25.9. The maximum absolute atomic E-state index is 12.2. The van der Waals surface area contributed by atoms with Gasteiger partial charge in [-0.25, -0.2) is 0 Å². The minimum Gasteiger partial charge on any atom is -0.481 e. The number of hydrogen-bond acceptors (Lipinski definition) is 5. The minimum atomic E-state index is -1.08. The smallest absolute Gasteiger partial charge is 0.308 e. The lowest BCUT2D eigenvalue weighted by molar-refractivity contribution is -0.151. The lowest BCUT2D eigenvalue weighted by Gasteiger charge is -2.19. The van der Waals surface area contributed by atoms with Crippen molar-refractivity contribution < 1.29 is 29.0 Å². The van der Waals surface area contributed by atoms with Crippen molar-refractivity contribution in [3.63, 3.8) is 0 Å². The molecule has 0 aliphatic rings. The molecule has 2 aromatic rings. The standard InChI is InChI=1S/C24H27ClN2O6/c1-27(2)22(29)15-33-24(32)14-20(26-21(28)10-11-23(30)31)12-16-6-8-17(9-7-16)18-4-3-5-19(25)13-18/h3-9,13,20H,10-12,14-15H2,1-2H3,(H,26,28)(H,30,31). The normalized spacial score (nSPS) is 11.4. The predicted octanol–water partition coefficient (Wildman–Crippen LogP) is 2.92. The average molecular weight is 475 g/mol. The van der Waals surface area contributed by atoms with Gasteiger partial charge in [0.05, 0.1) is 12.8 Å². The first-order chi connectivity index (χ1) is 15.6. The van der Waals surface area contributed by atoms with Crippen LogP contribution in [0.2, 0.25) is 5.02 Å². The fourth-order valence-corrected chi connectivity index (χ4v) is 3.20. The zero-order valence-corrected chi connectivity index (χ0v) is 19.3. The highest BCUT2D eigenvalue weighted by atomic mass is 35.5. The van der Waals surface area contributed by atoms with Gasteiger partial charge in [0.1, 0.15) is 0 Å². The second-order valence-corrected chi connectivity index (χ2v) is 8.16. The maximum atomic E-state index is 12.2. The van der Waals surface area contributed by atoms with Gasteiger partial charge in [-0.05, 0) is 35.2 Å². The van der Waals surface area contributed by atoms with Crippen LogP contribution in [-0.2, 0) is 30.3 Å². The monoisotopic (exact) mass is 474 g/mol. The van der Waals surface area contributed by atoms with Gasteiger partial charge in [-0.15, -0.1) is 0 Å². The van der Waals surface area contributed by atoms with Crippen molar-refractivity contribution in [3.8, 4) is 11.1 Å². The van der Waals surface area contributed by atoms with Gasteiger partial charge < -0.3 is 20.1 Å². The van der Waals surface area contributed by atoms with Crippen LogP contribution in [0.1, 0.15) is 24.8 Å². The molecule has 0 spiro atoms. The molecule has 2 rings (SSSR count). The highest BCUT2D eigenvalue weighted by molar-refractivity contribution is 6.30. The molecular weight excluding hydrogens is 448 g/mol. The van der Waals surface area contributed by atoms with Crippen molar-refractivity contribution in [3.05, 3.63) is 59.1 Å². The summed E-state index contributed by atoms with van der Waals surface area (Å²) in [5.74, 6) is -2.55. The highest BCUT2D eigenvalue weighted by Gasteiger charge is 2.20. The number of nitrogens with one attached hydrogen (secondary N) is 1. The van der Waals surface area contributed by atoms with E-state index in [1.165, 1.54) is 4.90 Å². The van der Waals surface area contributed by atoms with E-state index in [0.717, 1.165) is 16.7 Å². The quantitative estimate of drug-likeness (QED) is 0.484. The van der Waals surface area contributed by atoms with Crippen LogP contribution in [-0.4, -0.2) is 60.5 Å². The summed E-state index contributed by atoms with van der Waals surface area (Å²) in [5, 5.41) is 12.1. The van der Waals surface area contributed by atoms with Crippen LogP contribution in [0.25, 0.3) is 11.1 Å². The summed E-state index contributed by atoms with van der Waals surface area (Å²) in [4.78, 5) is 48.1. The summed E-state index contributed by atoms with van der Waals surface area (Å²) in [6.07, 6.45) is -0.344. The van der Waals surface area contributed by atoms with E-state index < -0.39 is 23.9 Å². The number of carbonyl (C=O) groups is 4. The van der Waals surface area contributed by atoms with E-state index in [1.807, 2.05) is 42.5 Å². The zero-order valence-electron chi connectivity index (χ0n) is 18.5. The van der Waals surface area contributed by atoms with Crippen molar-refractivity contribution in [2.24, 2.45) is 0 Å². The van der Waals surface area contributed by atoms with E-state index in [4.69, 9.17) is 21.4 Å². The molecule has 0 radical (unpaired) electrons. The van der Waals surface area contributed by atoms with Gasteiger partial charge in [0.2, 0.25) is 5.91 Å². The Kier molecular flexibility index (Phi) is 9.87. The van der Waals surface area contributed by atoms with Gasteiger partial charge in [0.25, 0.3) is 5.91 Å². The van der Waals surface area contributed by atoms with Gasteiger partial charge in [-0.2, -0.15) is 0 Å². The van der Waals surface area contributed by atoms with E-state index in [0.29, 0.717) is 11.4 Å². The molecule has 0 aliphatic heterocycles. The number of carbonyl (C=O) groups excluding carboxylic acids is 3. The molecule has 0 aromatic heterocycles. The third kappa shape index (κ3) is 9.33. The maximum Gasteiger partial charge on any atom is 0.308 e. The molecular formula is C24H27ClN2O6. The summed E-state index contributed by atoms with van der Waals surface area (Å²) in [6.45, 7) is -0.389. The van der Waals surface area contributed by atoms with Gasteiger partial charge >= 0.3 is 11.9 Å². The zero-order chi connectivity index (χ0) is 24.4. The van der Waals surface area contributed by atoms with Crippen molar-refractivity contribution in [2.45, 2.75) is 31.7 Å². The summed E-state index contributed by atoms with van der Waals surface area (Å²) >= 11 is 6.05. The van der Waals surface area contributed by atoms with E-state index >= 15 is 0 Å². The third-order valence-corrected chi connectivity index (χ3v) is 5.03. The van der Waals surface area contributed by atoms with Crippen LogP contribution >= 0.6 is 11.6 Å². The Morgan fingerprint density at radius 2 is 1.73 bits per heavy atom. The molecule has 0 saturated heterocycles. The van der Waals surface area contributed by atoms with E-state index in [9.17, 15) is 19.2 Å². The lowest BCUT2D eigenvalue weighted by Crippen LogP contribution is -2.39. The van der Waals surface area contributed by atoms with Crippen LogP contribution in [0.5, 0.6) is 0 Å². The Balaban J connectivity index is 2.06. The minimum absolute atomic E-state index is 0.157. The Labute approximate surface area is 197 Å². The number of likely N-dealkylation sites (N-methyl/N-ethyl adjacent to an activating group) is 1. The fourth-order valence-electron chi connectivity index (χ4n) is 3.01. The molecule has 2 N–H and O–H groups in total. The molecule has 0 fully saturated rings. The highest BCUT2D eigenvalue weighted by Crippen LogP contribution is 2.23. The molecule has 0 aliphatic carbocycles. The van der Waals surface area contributed by atoms with E-state index in [-0.39, 0.29) is 31.8 Å². The number of carboxylic acids is 1. The molecule has 2 amide bonds. The molecule has 0 bridgehead atoms. The number of hydrogen-bond donors (Lipinski definition) is 2. The van der Waals surface area contributed by atoms with Crippen molar-refractivity contribution >= 4 is 35.4 Å². The second kappa shape index (κ2) is 12.6. The number of carboxylic acid groups (broad SMARTS) is 1. The summed E-state index contributed by atoms with van der Waals surface area (Å²) in [6, 6.07) is 14.4. The average Bonchev–Trinajstić information content (AvgIpc) is 2.76. The van der Waals surface area contributed by atoms with Crippen molar-refractivity contribution in [1.82, 2.24) is 10.2 Å². The predicted molar refractivity (Wildman–Crippen MR) is 124 cm³/mol. The molecule has 0 heterocycles. The van der Waals surface area contributed by atoms with E-state index in [2.05, 4.69) is 5.32 Å². The van der Waals surface area contributed by atoms with Crippen molar-refractivity contribution in [1.29, 1.82) is 0 Å². The summed E-state index contributed by atoms with van der Waals surface area (Å²) < 4.78 is 5.01. The molecule has 0 saturated carbocycles. The molecule has 8 nitrogen and oxygen atoms in total. The number of esters is 1. The SMILES string of the molecule is CN(C)C(=O)COC(=O)CC(Cc1ccc(-c2cccc(Cl)c2)cc1)NC(=O)CCC(=O)O. The van der Waals surface area contributed by atoms with Gasteiger partial charge in [-0.1, -0.05) is 48.0 Å². The van der Waals surface area contributed by atoms with Crippen LogP contribution in [0, 0.1) is 0 Å². The van der Waals surface area contributed by atoms with E-state index in [1.54, 1.807) is 20.2 Å². The second-order valence-electron chi connectivity index (χ2n) is 7.72. The first-order valence-corrected chi connectivity index (χ1v) is 10.7. The van der Waals surface area contributed by atoms with Crippen LogP contribution in [0.3, 0.4) is 0 Å². The molecule has 1 atom stereocenters. The van der Waals surface area contributed by atoms with Crippen LogP contribution in [0.15, 0.2) is 48.5 Å². The lowest BCUT2D eigenvalue weighted by atomic mass is 9.99. The Bertz CT molecular complexity index is 991. The van der Waals surface area contributed by atoms with Gasteiger partial charge in [0, 0.05) is 31.6 Å². The number of ether oxygens (including phenoxy) is 1. The fraction of sp³-hybridized carbons (Fsp3) is 0.333. The topological polar surface area (TPSA) is 113 Å². The summed E-state index contributed by atoms with van der Waals surface area (Å²) in [5.41, 5.74) is 2.79. The molecule has 9 heteroatoms. The number of rotatable bonds is 11. The third-order valence-electron chi connectivity index (χ3n) is 4.79. The van der Waals surface area contributed by atoms with Crippen molar-refractivity contribution in [2.75, 3.05) is 20.7 Å². The Morgan fingerprint density at radius 3 is 2.33 bits per heavy atom. The number of nitrogens with zero attached hydrogens (tertiary/aromatic N) is 1. The Hall–Kier alpha value is -3.39. The Morgan fingerprint density at radius 1 is 1.03 bits per heavy atom. The van der Waals surface area contributed by atoms with Gasteiger partial charge in [-0.3, -0.25) is 19.2 Å². The molecule has 33 heavy (non-hydrogen) atoms. The molecule has 2 aromatic carbocycles. The first-order valence-electron chi connectivity index (χ1n) is 10.4. The number of aliphatic carboxylic acids is 1. The number of amides is 2. The molecule has 176 valence electrons. The van der Waals surface area contributed by atoms with Crippen LogP contribution < -0.4 is 5.32 Å². The van der Waals surface area contributed by atoms with Gasteiger partial charge in [0.15, 0.2) is 6.61 Å². The molecule has 1 unspecified atom stereocenters. The van der Waals surface area contributed by atoms with Crippen LogP contribution in [0.4, 0.5) is 0 Å². The largest absolute Gasteiger partial charge is 0.481 e. The number of benzene rings is 2. The number of halogens is 1.